The first-order valence-electron chi connectivity index (χ1n) is 11.7. The number of likely N-dealkylation sites (tertiary alicyclic amines) is 1. The maximum Gasteiger partial charge on any atom is 0.295 e. The molecular formula is C26H33N3O6. The second-order valence-corrected chi connectivity index (χ2v) is 8.93. The van der Waals surface area contributed by atoms with E-state index in [1.165, 1.54) is 12.0 Å². The maximum absolute atomic E-state index is 13.4. The minimum absolute atomic E-state index is 0.0498. The summed E-state index contributed by atoms with van der Waals surface area (Å²) in [6, 6.07) is 4.43. The molecule has 4 rings (SSSR count). The predicted octanol–water partition coefficient (Wildman–Crippen LogP) is 2.71. The van der Waals surface area contributed by atoms with Gasteiger partial charge in [-0.15, -0.1) is 0 Å². The lowest BCUT2D eigenvalue weighted by molar-refractivity contribution is -0.140. The van der Waals surface area contributed by atoms with E-state index in [0.29, 0.717) is 48.9 Å². The number of hydrogen-bond acceptors (Lipinski definition) is 7. The highest BCUT2D eigenvalue weighted by molar-refractivity contribution is 6.46. The zero-order valence-electron chi connectivity index (χ0n) is 20.9. The number of aryl methyl sites for hydroxylation is 2. The summed E-state index contributed by atoms with van der Waals surface area (Å²) in [5, 5.41) is 11.5. The summed E-state index contributed by atoms with van der Waals surface area (Å²) in [6.07, 6.45) is 0. The number of ether oxygens (including phenoxy) is 3. The molecule has 0 saturated carbocycles. The van der Waals surface area contributed by atoms with E-state index >= 15 is 0 Å². The fourth-order valence-corrected chi connectivity index (χ4v) is 4.96. The highest BCUT2D eigenvalue weighted by Crippen LogP contribution is 2.44. The highest BCUT2D eigenvalue weighted by Gasteiger charge is 2.47. The summed E-state index contributed by atoms with van der Waals surface area (Å²) in [5.41, 5.74) is 3.62. The molecule has 1 amide bonds. The molecule has 0 radical (unpaired) electrons. The van der Waals surface area contributed by atoms with Crippen LogP contribution in [-0.4, -0.2) is 85.2 Å². The van der Waals surface area contributed by atoms with Crippen molar-refractivity contribution < 1.29 is 28.9 Å². The second kappa shape index (κ2) is 10.1. The zero-order valence-corrected chi connectivity index (χ0v) is 20.9. The Morgan fingerprint density at radius 3 is 2.40 bits per heavy atom. The molecule has 1 atom stereocenters. The number of nitrogens with one attached hydrogen (secondary N) is 1. The van der Waals surface area contributed by atoms with Crippen molar-refractivity contribution in [3.8, 4) is 11.5 Å². The van der Waals surface area contributed by atoms with Crippen LogP contribution in [0.25, 0.3) is 5.76 Å². The van der Waals surface area contributed by atoms with Gasteiger partial charge in [0, 0.05) is 48.7 Å². The first-order chi connectivity index (χ1) is 16.8. The molecule has 9 heteroatoms. The molecule has 0 bridgehead atoms. The number of Topliss-reactive ketones (excluding diaryl/α,β-unsaturated/α-hetero) is 1. The Morgan fingerprint density at radius 2 is 1.80 bits per heavy atom. The average Bonchev–Trinajstić information content (AvgIpc) is 3.27. The van der Waals surface area contributed by atoms with Crippen LogP contribution in [0.1, 0.15) is 34.1 Å². The average molecular weight is 484 g/mol. The number of hydrogen-bond donors (Lipinski definition) is 2. The third-order valence-electron chi connectivity index (χ3n) is 6.96. The first-order valence-corrected chi connectivity index (χ1v) is 11.7. The van der Waals surface area contributed by atoms with Gasteiger partial charge in [0.25, 0.3) is 11.7 Å². The Bertz CT molecular complexity index is 1160. The number of aliphatic hydroxyl groups excluding tert-OH is 1. The van der Waals surface area contributed by atoms with Gasteiger partial charge in [0.15, 0.2) is 0 Å². The van der Waals surface area contributed by atoms with Gasteiger partial charge in [-0.05, 0) is 44.5 Å². The number of morpholine rings is 1. The molecule has 3 heterocycles. The molecule has 2 fully saturated rings. The van der Waals surface area contributed by atoms with Gasteiger partial charge in [-0.2, -0.15) is 0 Å². The molecule has 35 heavy (non-hydrogen) atoms. The van der Waals surface area contributed by atoms with Crippen molar-refractivity contribution in [3.63, 3.8) is 0 Å². The van der Waals surface area contributed by atoms with Gasteiger partial charge in [-0.25, -0.2) is 0 Å². The molecule has 2 N–H and O–H groups in total. The monoisotopic (exact) mass is 483 g/mol. The maximum atomic E-state index is 13.4. The number of amides is 1. The van der Waals surface area contributed by atoms with E-state index in [0.717, 1.165) is 30.0 Å². The molecule has 2 aliphatic rings. The second-order valence-electron chi connectivity index (χ2n) is 8.93. The van der Waals surface area contributed by atoms with Crippen LogP contribution in [0, 0.1) is 20.8 Å². The van der Waals surface area contributed by atoms with Crippen molar-refractivity contribution >= 4 is 17.4 Å². The Labute approximate surface area is 205 Å². The topological polar surface area (TPSA) is 104 Å². The summed E-state index contributed by atoms with van der Waals surface area (Å²) >= 11 is 0. The number of aromatic nitrogens is 1. The number of nitrogens with zero attached hydrogens (tertiary/aromatic N) is 2. The number of aliphatic hydroxyl groups is 1. The van der Waals surface area contributed by atoms with Gasteiger partial charge in [-0.3, -0.25) is 14.5 Å². The molecule has 2 saturated heterocycles. The lowest BCUT2D eigenvalue weighted by Gasteiger charge is -2.31. The SMILES string of the molecule is COc1ccc(OC)c(C2/C(=C(\O)c3c(C)[nH]c(C)c3C)C(=O)C(=O)N2CCN2CCOCC2)c1. The summed E-state index contributed by atoms with van der Waals surface area (Å²) in [6.45, 7) is 9.32. The molecule has 1 unspecified atom stereocenters. The molecule has 0 aliphatic carbocycles. The van der Waals surface area contributed by atoms with E-state index in [4.69, 9.17) is 14.2 Å². The summed E-state index contributed by atoms with van der Waals surface area (Å²) in [5.74, 6) is -0.483. The molecule has 9 nitrogen and oxygen atoms in total. The first kappa shape index (κ1) is 24.8. The van der Waals surface area contributed by atoms with Crippen LogP contribution in [0.4, 0.5) is 0 Å². The number of benzene rings is 1. The van der Waals surface area contributed by atoms with Crippen molar-refractivity contribution in [2.45, 2.75) is 26.8 Å². The van der Waals surface area contributed by atoms with Crippen molar-refractivity contribution in [1.29, 1.82) is 0 Å². The fraction of sp³-hybridized carbons (Fsp3) is 0.462. The number of aromatic amines is 1. The van der Waals surface area contributed by atoms with Gasteiger partial charge >= 0.3 is 0 Å². The van der Waals surface area contributed by atoms with Gasteiger partial charge in [-0.1, -0.05) is 0 Å². The zero-order chi connectivity index (χ0) is 25.3. The van der Waals surface area contributed by atoms with Crippen LogP contribution in [0.5, 0.6) is 11.5 Å². The molecule has 188 valence electrons. The Hall–Kier alpha value is -3.30. The molecule has 1 aromatic heterocycles. The van der Waals surface area contributed by atoms with Crippen molar-refractivity contribution in [2.75, 3.05) is 53.6 Å². The molecule has 1 aromatic carbocycles. The normalized spacial score (nSPS) is 20.5. The molecule has 2 aliphatic heterocycles. The van der Waals surface area contributed by atoms with Gasteiger partial charge in [0.05, 0.1) is 39.0 Å². The lowest BCUT2D eigenvalue weighted by Crippen LogP contribution is -2.42. The van der Waals surface area contributed by atoms with Crippen molar-refractivity contribution in [3.05, 3.63) is 51.9 Å². The van der Waals surface area contributed by atoms with E-state index in [1.807, 2.05) is 20.8 Å². The largest absolute Gasteiger partial charge is 0.507 e. The molecule has 2 aromatic rings. The van der Waals surface area contributed by atoms with Crippen LogP contribution in [0.15, 0.2) is 23.8 Å². The number of rotatable bonds is 7. The van der Waals surface area contributed by atoms with Crippen LogP contribution >= 0.6 is 0 Å². The van der Waals surface area contributed by atoms with Gasteiger partial charge in [0.1, 0.15) is 17.3 Å². The Kier molecular flexibility index (Phi) is 7.18. The molecule has 0 spiro atoms. The van der Waals surface area contributed by atoms with Gasteiger partial charge < -0.3 is 29.2 Å². The third kappa shape index (κ3) is 4.53. The number of methoxy groups -OCH3 is 2. The number of carbonyl (C=O) groups excluding carboxylic acids is 2. The highest BCUT2D eigenvalue weighted by atomic mass is 16.5. The fourth-order valence-electron chi connectivity index (χ4n) is 4.96. The minimum atomic E-state index is -0.824. The predicted molar refractivity (Wildman–Crippen MR) is 131 cm³/mol. The third-order valence-corrected chi connectivity index (χ3v) is 6.96. The summed E-state index contributed by atoms with van der Waals surface area (Å²) < 4.78 is 16.5. The van der Waals surface area contributed by atoms with E-state index in [1.54, 1.807) is 25.3 Å². The van der Waals surface area contributed by atoms with E-state index in [-0.39, 0.29) is 11.3 Å². The van der Waals surface area contributed by atoms with Crippen LogP contribution < -0.4 is 9.47 Å². The minimum Gasteiger partial charge on any atom is -0.507 e. The van der Waals surface area contributed by atoms with E-state index < -0.39 is 17.7 Å². The smallest absolute Gasteiger partial charge is 0.295 e. The Morgan fingerprint density at radius 1 is 1.09 bits per heavy atom. The van der Waals surface area contributed by atoms with Gasteiger partial charge in [0.2, 0.25) is 0 Å². The van der Waals surface area contributed by atoms with Crippen LogP contribution in [-0.2, 0) is 14.3 Å². The summed E-state index contributed by atoms with van der Waals surface area (Å²) in [7, 11) is 3.09. The number of H-pyrrole nitrogens is 1. The van der Waals surface area contributed by atoms with Crippen LogP contribution in [0.2, 0.25) is 0 Å². The quantitative estimate of drug-likeness (QED) is 0.355. The molecular weight excluding hydrogens is 450 g/mol. The Balaban J connectivity index is 1.86. The van der Waals surface area contributed by atoms with E-state index in [2.05, 4.69) is 9.88 Å². The number of ketones is 1. The van der Waals surface area contributed by atoms with E-state index in [9.17, 15) is 14.7 Å². The summed E-state index contributed by atoms with van der Waals surface area (Å²) in [4.78, 5) is 33.7. The van der Waals surface area contributed by atoms with Crippen molar-refractivity contribution in [1.82, 2.24) is 14.8 Å². The van der Waals surface area contributed by atoms with Crippen molar-refractivity contribution in [2.24, 2.45) is 0 Å². The standard InChI is InChI=1S/C26H33N3O6/c1-15-16(2)27-17(3)21(15)24(30)22-23(19-14-18(33-4)6-7-20(19)34-5)29(26(32)25(22)31)9-8-28-10-12-35-13-11-28/h6-7,14,23,27,30H,8-13H2,1-5H3/b24-22+. The van der Waals surface area contributed by atoms with Crippen LogP contribution in [0.3, 0.4) is 0 Å². The lowest BCUT2D eigenvalue weighted by atomic mass is 9.93. The number of carbonyl (C=O) groups is 2.